The lowest BCUT2D eigenvalue weighted by Gasteiger charge is -2.17. The van der Waals surface area contributed by atoms with Crippen molar-refractivity contribution in [3.63, 3.8) is 0 Å². The Hall–Kier alpha value is -1.60. The van der Waals surface area contributed by atoms with Crippen LogP contribution in [0, 0.1) is 0 Å². The minimum absolute atomic E-state index is 0.509. The van der Waals surface area contributed by atoms with Crippen LogP contribution in [0.15, 0.2) is 60.7 Å². The molecule has 1 atom stereocenters. The lowest BCUT2D eigenvalue weighted by Crippen LogP contribution is -2.08. The van der Waals surface area contributed by atoms with Crippen molar-refractivity contribution in [2.75, 3.05) is 6.61 Å². The summed E-state index contributed by atoms with van der Waals surface area (Å²) < 4.78 is 5.89. The molecule has 0 fully saturated rings. The first-order valence-corrected chi connectivity index (χ1v) is 7.06. The molecule has 0 N–H and O–H groups in total. The summed E-state index contributed by atoms with van der Waals surface area (Å²) in [6.45, 7) is 3.73. The molecule has 2 aromatic rings. The van der Waals surface area contributed by atoms with Crippen molar-refractivity contribution in [2.24, 2.45) is 0 Å². The number of benzene rings is 2. The van der Waals surface area contributed by atoms with Gasteiger partial charge in [-0.1, -0.05) is 74.0 Å². The van der Waals surface area contributed by atoms with E-state index in [1.165, 1.54) is 24.0 Å². The summed E-state index contributed by atoms with van der Waals surface area (Å²) in [4.78, 5) is 0. The normalized spacial score (nSPS) is 12.3. The molecule has 0 saturated carbocycles. The minimum atomic E-state index is 0.509. The monoisotopic (exact) mass is 254 g/mol. The van der Waals surface area contributed by atoms with Crippen LogP contribution in [-0.4, -0.2) is 6.61 Å². The van der Waals surface area contributed by atoms with Crippen LogP contribution in [0.4, 0.5) is 0 Å². The summed E-state index contributed by atoms with van der Waals surface area (Å²) >= 11 is 0. The second kappa shape index (κ2) is 7.75. The molecule has 0 bridgehead atoms. The standard InChI is InChI=1S/C18H22O/c1-2-9-18(17-12-7-4-8-13-17)15-19-14-16-10-5-3-6-11-16/h3-8,10-13,18H,2,9,14-15H2,1H3. The zero-order valence-electron chi connectivity index (χ0n) is 11.6. The third-order valence-corrected chi connectivity index (χ3v) is 3.34. The van der Waals surface area contributed by atoms with Gasteiger partial charge in [0.2, 0.25) is 0 Å². The van der Waals surface area contributed by atoms with Crippen molar-refractivity contribution in [2.45, 2.75) is 32.3 Å². The summed E-state index contributed by atoms with van der Waals surface area (Å²) in [5, 5.41) is 0. The quantitative estimate of drug-likeness (QED) is 0.690. The van der Waals surface area contributed by atoms with E-state index in [0.29, 0.717) is 12.5 Å². The largest absolute Gasteiger partial charge is 0.376 e. The van der Waals surface area contributed by atoms with E-state index in [1.54, 1.807) is 0 Å². The van der Waals surface area contributed by atoms with Gasteiger partial charge in [0.05, 0.1) is 13.2 Å². The molecule has 0 aliphatic carbocycles. The van der Waals surface area contributed by atoms with E-state index < -0.39 is 0 Å². The lowest BCUT2D eigenvalue weighted by molar-refractivity contribution is 0.104. The first-order chi connectivity index (χ1) is 9.40. The average molecular weight is 254 g/mol. The second-order valence-corrected chi connectivity index (χ2v) is 4.90. The Morgan fingerprint density at radius 3 is 2.16 bits per heavy atom. The van der Waals surface area contributed by atoms with E-state index in [4.69, 9.17) is 4.74 Å². The maximum atomic E-state index is 5.89. The van der Waals surface area contributed by atoms with Crippen molar-refractivity contribution in [3.05, 3.63) is 71.8 Å². The molecule has 0 aromatic heterocycles. The van der Waals surface area contributed by atoms with Gasteiger partial charge in [0.25, 0.3) is 0 Å². The molecule has 100 valence electrons. The van der Waals surface area contributed by atoms with Crippen LogP contribution in [0.25, 0.3) is 0 Å². The smallest absolute Gasteiger partial charge is 0.0717 e. The highest BCUT2D eigenvalue weighted by atomic mass is 16.5. The fourth-order valence-corrected chi connectivity index (χ4v) is 2.31. The van der Waals surface area contributed by atoms with Crippen molar-refractivity contribution < 1.29 is 4.74 Å². The molecular formula is C18H22O. The van der Waals surface area contributed by atoms with Gasteiger partial charge in [-0.2, -0.15) is 0 Å². The Kier molecular flexibility index (Phi) is 5.64. The van der Waals surface area contributed by atoms with E-state index in [0.717, 1.165) is 6.61 Å². The maximum absolute atomic E-state index is 5.89. The van der Waals surface area contributed by atoms with E-state index in [9.17, 15) is 0 Å². The van der Waals surface area contributed by atoms with Crippen LogP contribution in [-0.2, 0) is 11.3 Å². The highest BCUT2D eigenvalue weighted by molar-refractivity contribution is 5.19. The zero-order valence-corrected chi connectivity index (χ0v) is 11.6. The molecule has 0 aliphatic rings. The van der Waals surface area contributed by atoms with Crippen LogP contribution in [0.2, 0.25) is 0 Å². The van der Waals surface area contributed by atoms with Gasteiger partial charge in [0.1, 0.15) is 0 Å². The summed E-state index contributed by atoms with van der Waals surface area (Å²) in [7, 11) is 0. The fraction of sp³-hybridized carbons (Fsp3) is 0.333. The molecule has 0 heterocycles. The number of hydrogen-bond donors (Lipinski definition) is 0. The molecule has 1 unspecified atom stereocenters. The Morgan fingerprint density at radius 2 is 1.53 bits per heavy atom. The molecule has 2 aromatic carbocycles. The summed E-state index contributed by atoms with van der Waals surface area (Å²) in [6, 6.07) is 21.0. The summed E-state index contributed by atoms with van der Waals surface area (Å²) in [5.41, 5.74) is 2.63. The fourth-order valence-electron chi connectivity index (χ4n) is 2.31. The second-order valence-electron chi connectivity index (χ2n) is 4.90. The molecule has 0 radical (unpaired) electrons. The summed E-state index contributed by atoms with van der Waals surface area (Å²) in [5.74, 6) is 0.509. The van der Waals surface area contributed by atoms with E-state index in [-0.39, 0.29) is 0 Å². The van der Waals surface area contributed by atoms with Crippen LogP contribution in [0.1, 0.15) is 36.8 Å². The van der Waals surface area contributed by atoms with E-state index in [1.807, 2.05) is 6.07 Å². The molecule has 2 rings (SSSR count). The molecule has 1 nitrogen and oxygen atoms in total. The Morgan fingerprint density at radius 1 is 0.895 bits per heavy atom. The molecule has 1 heteroatoms. The minimum Gasteiger partial charge on any atom is -0.376 e. The summed E-state index contributed by atoms with van der Waals surface area (Å²) in [6.07, 6.45) is 2.37. The predicted octanol–water partition coefficient (Wildman–Crippen LogP) is 4.79. The Bertz CT molecular complexity index is 450. The highest BCUT2D eigenvalue weighted by Gasteiger charge is 2.10. The SMILES string of the molecule is CCCC(COCc1ccccc1)c1ccccc1. The first-order valence-electron chi connectivity index (χ1n) is 7.06. The van der Waals surface area contributed by atoms with Gasteiger partial charge < -0.3 is 4.74 Å². The van der Waals surface area contributed by atoms with Gasteiger partial charge in [-0.3, -0.25) is 0 Å². The van der Waals surface area contributed by atoms with Crippen LogP contribution in [0.3, 0.4) is 0 Å². The van der Waals surface area contributed by atoms with Crippen LogP contribution >= 0.6 is 0 Å². The molecule has 0 spiro atoms. The third-order valence-electron chi connectivity index (χ3n) is 3.34. The first kappa shape index (κ1) is 13.8. The topological polar surface area (TPSA) is 9.23 Å². The average Bonchev–Trinajstić information content (AvgIpc) is 2.48. The predicted molar refractivity (Wildman–Crippen MR) is 80.2 cm³/mol. The molecule has 0 aliphatic heterocycles. The van der Waals surface area contributed by atoms with Crippen LogP contribution in [0.5, 0.6) is 0 Å². The van der Waals surface area contributed by atoms with Gasteiger partial charge in [0, 0.05) is 5.92 Å². The number of rotatable bonds is 7. The van der Waals surface area contributed by atoms with Gasteiger partial charge in [0.15, 0.2) is 0 Å². The van der Waals surface area contributed by atoms with Gasteiger partial charge in [-0.05, 0) is 17.5 Å². The van der Waals surface area contributed by atoms with Crippen molar-refractivity contribution in [3.8, 4) is 0 Å². The highest BCUT2D eigenvalue weighted by Crippen LogP contribution is 2.21. The zero-order chi connectivity index (χ0) is 13.3. The third kappa shape index (κ3) is 4.53. The van der Waals surface area contributed by atoms with E-state index in [2.05, 4.69) is 61.5 Å². The number of ether oxygens (including phenoxy) is 1. The molecular weight excluding hydrogens is 232 g/mol. The van der Waals surface area contributed by atoms with Crippen molar-refractivity contribution in [1.82, 2.24) is 0 Å². The van der Waals surface area contributed by atoms with Crippen molar-refractivity contribution in [1.29, 1.82) is 0 Å². The van der Waals surface area contributed by atoms with Gasteiger partial charge >= 0.3 is 0 Å². The maximum Gasteiger partial charge on any atom is 0.0717 e. The lowest BCUT2D eigenvalue weighted by atomic mass is 9.95. The van der Waals surface area contributed by atoms with Crippen molar-refractivity contribution >= 4 is 0 Å². The molecule has 19 heavy (non-hydrogen) atoms. The molecule has 0 amide bonds. The van der Waals surface area contributed by atoms with Gasteiger partial charge in [-0.15, -0.1) is 0 Å². The Balaban J connectivity index is 1.87. The Labute approximate surface area is 116 Å². The van der Waals surface area contributed by atoms with Crippen LogP contribution < -0.4 is 0 Å². The molecule has 0 saturated heterocycles. The number of hydrogen-bond acceptors (Lipinski definition) is 1. The van der Waals surface area contributed by atoms with E-state index >= 15 is 0 Å². The van der Waals surface area contributed by atoms with Gasteiger partial charge in [-0.25, -0.2) is 0 Å².